The van der Waals surface area contributed by atoms with Crippen LogP contribution >= 0.6 is 0 Å². The lowest BCUT2D eigenvalue weighted by Crippen LogP contribution is -2.54. The van der Waals surface area contributed by atoms with Crippen LogP contribution in [0.4, 0.5) is 4.79 Å². The van der Waals surface area contributed by atoms with Crippen LogP contribution in [-0.4, -0.2) is 65.3 Å². The third-order valence-electron chi connectivity index (χ3n) is 5.64. The van der Waals surface area contributed by atoms with Gasteiger partial charge in [0.05, 0.1) is 6.10 Å². The monoisotopic (exact) mass is 321 g/mol. The quantitative estimate of drug-likeness (QED) is 0.766. The van der Waals surface area contributed by atoms with E-state index < -0.39 is 0 Å². The first-order valence-corrected chi connectivity index (χ1v) is 9.26. The molecule has 2 N–H and O–H groups in total. The average molecular weight is 321 g/mol. The molecule has 2 heterocycles. The van der Waals surface area contributed by atoms with Crippen LogP contribution in [0.5, 0.6) is 0 Å². The van der Waals surface area contributed by atoms with Gasteiger partial charge in [0.2, 0.25) is 0 Å². The van der Waals surface area contributed by atoms with Gasteiger partial charge in [0.1, 0.15) is 0 Å². The molecule has 1 saturated carbocycles. The molecule has 5 heteroatoms. The molecule has 2 fully saturated rings. The van der Waals surface area contributed by atoms with Gasteiger partial charge in [-0.25, -0.2) is 4.79 Å². The van der Waals surface area contributed by atoms with Crippen molar-refractivity contribution in [3.63, 3.8) is 0 Å². The normalized spacial score (nSPS) is 30.9. The molecule has 0 unspecified atom stereocenters. The third kappa shape index (κ3) is 4.27. The number of carbonyl (C=O) groups excluding carboxylic acids is 1. The van der Waals surface area contributed by atoms with Gasteiger partial charge in [-0.15, -0.1) is 0 Å². The smallest absolute Gasteiger partial charge is 0.317 e. The molecule has 130 valence electrons. The number of aliphatic hydroxyl groups excluding tert-OH is 1. The average Bonchev–Trinajstić information content (AvgIpc) is 2.56. The van der Waals surface area contributed by atoms with Crippen molar-refractivity contribution in [2.24, 2.45) is 0 Å². The van der Waals surface area contributed by atoms with Crippen molar-refractivity contribution in [1.29, 1.82) is 0 Å². The van der Waals surface area contributed by atoms with E-state index in [1.54, 1.807) is 0 Å². The summed E-state index contributed by atoms with van der Waals surface area (Å²) in [5.74, 6) is 0. The molecule has 2 amide bonds. The van der Waals surface area contributed by atoms with Crippen LogP contribution in [0.25, 0.3) is 0 Å². The lowest BCUT2D eigenvalue weighted by molar-refractivity contribution is 0.00753. The van der Waals surface area contributed by atoms with Crippen LogP contribution in [-0.2, 0) is 0 Å². The number of amides is 2. The first kappa shape index (κ1) is 16.8. The van der Waals surface area contributed by atoms with Crippen molar-refractivity contribution in [1.82, 2.24) is 15.1 Å². The van der Waals surface area contributed by atoms with Crippen molar-refractivity contribution in [2.45, 2.75) is 70.1 Å². The molecule has 0 aromatic heterocycles. The van der Waals surface area contributed by atoms with Crippen molar-refractivity contribution in [2.75, 3.05) is 26.2 Å². The Morgan fingerprint density at radius 1 is 1.17 bits per heavy atom. The zero-order chi connectivity index (χ0) is 16.2. The van der Waals surface area contributed by atoms with Crippen LogP contribution in [0.1, 0.15) is 51.9 Å². The van der Waals surface area contributed by atoms with E-state index in [1.165, 1.54) is 12.0 Å². The Morgan fingerprint density at radius 3 is 2.61 bits per heavy atom. The molecule has 3 aliphatic rings. The van der Waals surface area contributed by atoms with Crippen LogP contribution in [0.2, 0.25) is 0 Å². The number of nitrogens with one attached hydrogen (secondary N) is 1. The Labute approximate surface area is 139 Å². The predicted molar refractivity (Wildman–Crippen MR) is 91.3 cm³/mol. The van der Waals surface area contributed by atoms with E-state index in [1.807, 2.05) is 4.90 Å². The summed E-state index contributed by atoms with van der Waals surface area (Å²) < 4.78 is 0. The Balaban J connectivity index is 1.44. The molecule has 5 nitrogen and oxygen atoms in total. The molecule has 0 spiro atoms. The number of carbonyl (C=O) groups is 1. The minimum atomic E-state index is -0.155. The summed E-state index contributed by atoms with van der Waals surface area (Å²) in [6.45, 7) is 5.67. The number of likely N-dealkylation sites (tertiary alicyclic amines) is 1. The van der Waals surface area contributed by atoms with E-state index in [0.717, 1.165) is 64.7 Å². The molecule has 2 atom stereocenters. The number of aliphatic hydroxyl groups is 1. The maximum absolute atomic E-state index is 12.4. The fraction of sp³-hybridized carbons (Fsp3) is 0.833. The molecule has 0 aromatic rings. The van der Waals surface area contributed by atoms with E-state index in [4.69, 9.17) is 0 Å². The number of piperidine rings is 1. The Kier molecular flexibility index (Phi) is 5.59. The van der Waals surface area contributed by atoms with E-state index in [2.05, 4.69) is 23.2 Å². The number of hydrogen-bond donors (Lipinski definition) is 2. The fourth-order valence-electron chi connectivity index (χ4n) is 4.24. The summed E-state index contributed by atoms with van der Waals surface area (Å²) in [5.41, 5.74) is 1.28. The van der Waals surface area contributed by atoms with Gasteiger partial charge in [0.25, 0.3) is 0 Å². The van der Waals surface area contributed by atoms with Gasteiger partial charge in [-0.05, 0) is 39.0 Å². The van der Waals surface area contributed by atoms with Crippen LogP contribution in [0.3, 0.4) is 0 Å². The molecular formula is C18H31N3O2. The van der Waals surface area contributed by atoms with Crippen molar-refractivity contribution < 1.29 is 9.90 Å². The fourth-order valence-corrected chi connectivity index (χ4v) is 4.24. The predicted octanol–water partition coefficient (Wildman–Crippen LogP) is 2.12. The molecule has 3 rings (SSSR count). The minimum Gasteiger partial charge on any atom is -0.391 e. The number of hydrogen-bond acceptors (Lipinski definition) is 3. The summed E-state index contributed by atoms with van der Waals surface area (Å²) in [6, 6.07) is 0.717. The maximum atomic E-state index is 12.4. The van der Waals surface area contributed by atoms with Gasteiger partial charge in [-0.2, -0.15) is 0 Å². The SMILES string of the molecule is CC1=CCCN(C(=O)NC2CCN([C@H]3CCCC[C@@H]3O)CC2)C1. The van der Waals surface area contributed by atoms with Crippen LogP contribution in [0.15, 0.2) is 11.6 Å². The largest absolute Gasteiger partial charge is 0.391 e. The van der Waals surface area contributed by atoms with Crippen LogP contribution in [0, 0.1) is 0 Å². The van der Waals surface area contributed by atoms with Gasteiger partial charge in [0, 0.05) is 38.3 Å². The highest BCUT2D eigenvalue weighted by Crippen LogP contribution is 2.26. The summed E-state index contributed by atoms with van der Waals surface area (Å²) in [4.78, 5) is 16.7. The van der Waals surface area contributed by atoms with Crippen molar-refractivity contribution in [3.05, 3.63) is 11.6 Å². The third-order valence-corrected chi connectivity index (χ3v) is 5.64. The first-order chi connectivity index (χ1) is 11.1. The second-order valence-corrected chi connectivity index (χ2v) is 7.44. The molecule has 0 aromatic carbocycles. The van der Waals surface area contributed by atoms with E-state index >= 15 is 0 Å². The van der Waals surface area contributed by atoms with Gasteiger partial charge in [0.15, 0.2) is 0 Å². The van der Waals surface area contributed by atoms with Crippen molar-refractivity contribution >= 4 is 6.03 Å². The van der Waals surface area contributed by atoms with Gasteiger partial charge < -0.3 is 15.3 Å². The topological polar surface area (TPSA) is 55.8 Å². The highest BCUT2D eigenvalue weighted by molar-refractivity contribution is 5.75. The Morgan fingerprint density at radius 2 is 1.91 bits per heavy atom. The lowest BCUT2D eigenvalue weighted by Gasteiger charge is -2.42. The van der Waals surface area contributed by atoms with Gasteiger partial charge in [-0.1, -0.05) is 24.5 Å². The number of urea groups is 1. The minimum absolute atomic E-state index is 0.0913. The number of rotatable bonds is 2. The zero-order valence-electron chi connectivity index (χ0n) is 14.3. The van der Waals surface area contributed by atoms with Crippen molar-refractivity contribution in [3.8, 4) is 0 Å². The number of nitrogens with zero attached hydrogens (tertiary/aromatic N) is 2. The Hall–Kier alpha value is -1.07. The second-order valence-electron chi connectivity index (χ2n) is 7.44. The maximum Gasteiger partial charge on any atom is 0.317 e. The highest BCUT2D eigenvalue weighted by atomic mass is 16.3. The highest BCUT2D eigenvalue weighted by Gasteiger charge is 2.32. The summed E-state index contributed by atoms with van der Waals surface area (Å²) in [7, 11) is 0. The Bertz CT molecular complexity index is 444. The first-order valence-electron chi connectivity index (χ1n) is 9.26. The van der Waals surface area contributed by atoms with Crippen LogP contribution < -0.4 is 5.32 Å². The van der Waals surface area contributed by atoms with E-state index in [9.17, 15) is 9.90 Å². The summed E-state index contributed by atoms with van der Waals surface area (Å²) in [6.07, 6.45) is 9.50. The van der Waals surface area contributed by atoms with E-state index in [0.29, 0.717) is 6.04 Å². The standard InChI is InChI=1S/C18H31N3O2/c1-14-5-4-10-21(13-14)18(23)19-15-8-11-20(12-9-15)16-6-2-3-7-17(16)22/h5,15-17,22H,2-4,6-13H2,1H3,(H,19,23)/t16-,17-/m0/s1. The van der Waals surface area contributed by atoms with Gasteiger partial charge in [-0.3, -0.25) is 4.90 Å². The van der Waals surface area contributed by atoms with E-state index in [-0.39, 0.29) is 18.2 Å². The molecule has 0 bridgehead atoms. The molecular weight excluding hydrogens is 290 g/mol. The molecule has 1 saturated heterocycles. The summed E-state index contributed by atoms with van der Waals surface area (Å²) in [5, 5.41) is 13.4. The molecule has 1 aliphatic carbocycles. The summed E-state index contributed by atoms with van der Waals surface area (Å²) >= 11 is 0. The molecule has 2 aliphatic heterocycles. The second kappa shape index (κ2) is 7.67. The van der Waals surface area contributed by atoms with Gasteiger partial charge >= 0.3 is 6.03 Å². The lowest BCUT2D eigenvalue weighted by atomic mass is 9.89. The zero-order valence-corrected chi connectivity index (χ0v) is 14.3. The molecule has 0 radical (unpaired) electrons. The molecule has 23 heavy (non-hydrogen) atoms.